The summed E-state index contributed by atoms with van der Waals surface area (Å²) in [6.45, 7) is 4.46. The summed E-state index contributed by atoms with van der Waals surface area (Å²) in [5.74, 6) is 0.656. The average molecular weight is 251 g/mol. The molecular weight excluding hydrogens is 230 g/mol. The quantitative estimate of drug-likeness (QED) is 0.769. The summed E-state index contributed by atoms with van der Waals surface area (Å²) in [4.78, 5) is 11.5. The standard InChI is InChI=1S/C14H21NO3/c1-3-12-6-4-5-7-13(12)18-10-14(17)15-8-11(2)9-16/h4-7,11,16H,3,8-10H2,1-2H3,(H,15,17). The Hall–Kier alpha value is -1.55. The van der Waals surface area contributed by atoms with Gasteiger partial charge in [0.05, 0.1) is 0 Å². The maximum Gasteiger partial charge on any atom is 0.257 e. The van der Waals surface area contributed by atoms with Gasteiger partial charge in [0.15, 0.2) is 6.61 Å². The van der Waals surface area contributed by atoms with Crippen LogP contribution in [-0.4, -0.2) is 30.8 Å². The van der Waals surface area contributed by atoms with E-state index in [4.69, 9.17) is 9.84 Å². The Bertz CT molecular complexity index is 379. The van der Waals surface area contributed by atoms with Crippen molar-refractivity contribution in [3.8, 4) is 5.75 Å². The second-order valence-corrected chi connectivity index (χ2v) is 4.34. The van der Waals surface area contributed by atoms with Crippen LogP contribution in [0, 0.1) is 5.92 Å². The molecule has 1 aromatic carbocycles. The summed E-state index contributed by atoms with van der Waals surface area (Å²) >= 11 is 0. The van der Waals surface area contributed by atoms with Crippen molar-refractivity contribution in [2.45, 2.75) is 20.3 Å². The number of carbonyl (C=O) groups excluding carboxylic acids is 1. The second-order valence-electron chi connectivity index (χ2n) is 4.34. The van der Waals surface area contributed by atoms with Gasteiger partial charge in [-0.3, -0.25) is 4.79 Å². The first-order valence-electron chi connectivity index (χ1n) is 6.25. The molecule has 4 nitrogen and oxygen atoms in total. The normalized spacial score (nSPS) is 11.9. The predicted molar refractivity (Wildman–Crippen MR) is 70.6 cm³/mol. The largest absolute Gasteiger partial charge is 0.483 e. The van der Waals surface area contributed by atoms with Crippen molar-refractivity contribution in [3.63, 3.8) is 0 Å². The van der Waals surface area contributed by atoms with Gasteiger partial charge in [-0.25, -0.2) is 0 Å². The van der Waals surface area contributed by atoms with Gasteiger partial charge in [-0.2, -0.15) is 0 Å². The smallest absolute Gasteiger partial charge is 0.257 e. The van der Waals surface area contributed by atoms with Crippen LogP contribution in [0.5, 0.6) is 5.75 Å². The minimum Gasteiger partial charge on any atom is -0.483 e. The van der Waals surface area contributed by atoms with Gasteiger partial charge >= 0.3 is 0 Å². The lowest BCUT2D eigenvalue weighted by molar-refractivity contribution is -0.123. The van der Waals surface area contributed by atoms with Crippen molar-refractivity contribution in [2.24, 2.45) is 5.92 Å². The number of amides is 1. The molecule has 0 aliphatic heterocycles. The number of aryl methyl sites for hydroxylation is 1. The number of hydrogen-bond acceptors (Lipinski definition) is 3. The van der Waals surface area contributed by atoms with E-state index in [0.717, 1.165) is 17.7 Å². The van der Waals surface area contributed by atoms with E-state index >= 15 is 0 Å². The summed E-state index contributed by atoms with van der Waals surface area (Å²) in [5, 5.41) is 11.6. The highest BCUT2D eigenvalue weighted by atomic mass is 16.5. The number of rotatable bonds is 7. The van der Waals surface area contributed by atoms with Crippen molar-refractivity contribution in [1.29, 1.82) is 0 Å². The molecule has 1 aromatic rings. The average Bonchev–Trinajstić information content (AvgIpc) is 2.42. The van der Waals surface area contributed by atoms with E-state index < -0.39 is 0 Å². The predicted octanol–water partition coefficient (Wildman–Crippen LogP) is 1.37. The highest BCUT2D eigenvalue weighted by molar-refractivity contribution is 5.77. The fraction of sp³-hybridized carbons (Fsp3) is 0.500. The van der Waals surface area contributed by atoms with Crippen molar-refractivity contribution >= 4 is 5.91 Å². The maximum absolute atomic E-state index is 11.5. The molecule has 1 rings (SSSR count). The van der Waals surface area contributed by atoms with E-state index in [1.54, 1.807) is 0 Å². The molecular formula is C14H21NO3. The van der Waals surface area contributed by atoms with Crippen molar-refractivity contribution in [1.82, 2.24) is 5.32 Å². The zero-order valence-corrected chi connectivity index (χ0v) is 11.0. The van der Waals surface area contributed by atoms with Gasteiger partial charge in [0.1, 0.15) is 5.75 Å². The Morgan fingerprint density at radius 3 is 2.83 bits per heavy atom. The molecule has 0 fully saturated rings. The zero-order valence-electron chi connectivity index (χ0n) is 11.0. The van der Waals surface area contributed by atoms with E-state index in [0.29, 0.717) is 6.54 Å². The fourth-order valence-electron chi connectivity index (χ4n) is 1.48. The maximum atomic E-state index is 11.5. The fourth-order valence-corrected chi connectivity index (χ4v) is 1.48. The molecule has 0 aromatic heterocycles. The minimum atomic E-state index is -0.166. The monoisotopic (exact) mass is 251 g/mol. The van der Waals surface area contributed by atoms with E-state index in [9.17, 15) is 4.79 Å². The first kappa shape index (κ1) is 14.5. The van der Waals surface area contributed by atoms with Crippen molar-refractivity contribution < 1.29 is 14.6 Å². The van der Waals surface area contributed by atoms with Gasteiger partial charge in [-0.05, 0) is 24.0 Å². The second kappa shape index (κ2) is 7.71. The lowest BCUT2D eigenvalue weighted by atomic mass is 10.1. The van der Waals surface area contributed by atoms with Gasteiger partial charge < -0.3 is 15.2 Å². The Morgan fingerprint density at radius 1 is 1.44 bits per heavy atom. The van der Waals surface area contributed by atoms with Crippen LogP contribution in [0.25, 0.3) is 0 Å². The highest BCUT2D eigenvalue weighted by Crippen LogP contribution is 2.17. The number of para-hydroxylation sites is 1. The van der Waals surface area contributed by atoms with Gasteiger partial charge in [-0.15, -0.1) is 0 Å². The highest BCUT2D eigenvalue weighted by Gasteiger charge is 2.07. The van der Waals surface area contributed by atoms with Gasteiger partial charge in [-0.1, -0.05) is 32.0 Å². The minimum absolute atomic E-state index is 0.00909. The Morgan fingerprint density at radius 2 is 2.17 bits per heavy atom. The summed E-state index contributed by atoms with van der Waals surface area (Å²) in [7, 11) is 0. The van der Waals surface area contributed by atoms with Crippen LogP contribution < -0.4 is 10.1 Å². The van der Waals surface area contributed by atoms with E-state index in [-0.39, 0.29) is 25.0 Å². The van der Waals surface area contributed by atoms with Crippen molar-refractivity contribution in [3.05, 3.63) is 29.8 Å². The van der Waals surface area contributed by atoms with Crippen LogP contribution >= 0.6 is 0 Å². The van der Waals surface area contributed by atoms with Crippen LogP contribution in [0.1, 0.15) is 19.4 Å². The third-order valence-corrected chi connectivity index (χ3v) is 2.67. The van der Waals surface area contributed by atoms with Crippen LogP contribution in [-0.2, 0) is 11.2 Å². The van der Waals surface area contributed by atoms with E-state index in [1.807, 2.05) is 38.1 Å². The van der Waals surface area contributed by atoms with E-state index in [2.05, 4.69) is 5.32 Å². The Balaban J connectivity index is 2.38. The molecule has 0 aliphatic carbocycles. The molecule has 0 aliphatic rings. The number of benzene rings is 1. The molecule has 0 saturated heterocycles. The lowest BCUT2D eigenvalue weighted by Gasteiger charge is -2.12. The Labute approximate surface area is 108 Å². The number of carbonyl (C=O) groups is 1. The lowest BCUT2D eigenvalue weighted by Crippen LogP contribution is -2.33. The molecule has 100 valence electrons. The topological polar surface area (TPSA) is 58.6 Å². The first-order valence-corrected chi connectivity index (χ1v) is 6.25. The number of hydrogen-bond donors (Lipinski definition) is 2. The summed E-state index contributed by atoms with van der Waals surface area (Å²) < 4.78 is 5.48. The van der Waals surface area contributed by atoms with Gasteiger partial charge in [0, 0.05) is 13.2 Å². The number of aliphatic hydroxyl groups is 1. The third-order valence-electron chi connectivity index (χ3n) is 2.67. The third kappa shape index (κ3) is 4.75. The molecule has 18 heavy (non-hydrogen) atoms. The molecule has 0 heterocycles. The van der Waals surface area contributed by atoms with Crippen LogP contribution in [0.4, 0.5) is 0 Å². The number of aliphatic hydroxyl groups excluding tert-OH is 1. The summed E-state index contributed by atoms with van der Waals surface area (Å²) in [5.41, 5.74) is 1.09. The number of nitrogens with one attached hydrogen (secondary N) is 1. The molecule has 2 N–H and O–H groups in total. The molecule has 1 amide bonds. The zero-order chi connectivity index (χ0) is 13.4. The van der Waals surface area contributed by atoms with Gasteiger partial charge in [0.2, 0.25) is 0 Å². The van der Waals surface area contributed by atoms with E-state index in [1.165, 1.54) is 0 Å². The van der Waals surface area contributed by atoms with Crippen LogP contribution in [0.15, 0.2) is 24.3 Å². The van der Waals surface area contributed by atoms with Crippen molar-refractivity contribution in [2.75, 3.05) is 19.8 Å². The molecule has 0 radical (unpaired) electrons. The SMILES string of the molecule is CCc1ccccc1OCC(=O)NCC(C)CO. The summed E-state index contributed by atoms with van der Waals surface area (Å²) in [6, 6.07) is 7.69. The molecule has 0 saturated carbocycles. The van der Waals surface area contributed by atoms with Crippen LogP contribution in [0.2, 0.25) is 0 Å². The Kier molecular flexibility index (Phi) is 6.22. The molecule has 1 atom stereocenters. The van der Waals surface area contributed by atoms with Gasteiger partial charge in [0.25, 0.3) is 5.91 Å². The molecule has 1 unspecified atom stereocenters. The molecule has 0 bridgehead atoms. The first-order chi connectivity index (χ1) is 8.67. The number of ether oxygens (including phenoxy) is 1. The molecule has 0 spiro atoms. The molecule has 4 heteroatoms. The van der Waals surface area contributed by atoms with Crippen LogP contribution in [0.3, 0.4) is 0 Å². The summed E-state index contributed by atoms with van der Waals surface area (Å²) in [6.07, 6.45) is 0.874.